The van der Waals surface area contributed by atoms with Crippen LogP contribution >= 0.6 is 39.1 Å². The molecule has 1 nitrogen and oxygen atoms in total. The zero-order valence-electron chi connectivity index (χ0n) is 22.7. The maximum atomic E-state index is 6.81. The Hall–Kier alpha value is 0.630. The van der Waals surface area contributed by atoms with Crippen molar-refractivity contribution in [3.05, 3.63) is 35.5 Å². The fourth-order valence-electron chi connectivity index (χ4n) is 5.65. The van der Waals surface area contributed by atoms with Gasteiger partial charge in [-0.1, -0.05) is 13.8 Å². The number of rotatable bonds is 6. The number of allylic oxidation sites excluding steroid dienone is 6. The van der Waals surface area contributed by atoms with E-state index in [9.17, 15) is 0 Å². The molecule has 34 heavy (non-hydrogen) atoms. The van der Waals surface area contributed by atoms with Gasteiger partial charge in [-0.15, -0.1) is 0 Å². The Balaban J connectivity index is 0.00000199. The first-order chi connectivity index (χ1) is 16.2. The van der Waals surface area contributed by atoms with Crippen LogP contribution < -0.4 is 0 Å². The Bertz CT molecular complexity index is 741. The van der Waals surface area contributed by atoms with Crippen LogP contribution in [0.2, 0.25) is 0 Å². The molecule has 0 spiro atoms. The topological polar surface area (TPSA) is 12.4 Å². The van der Waals surface area contributed by atoms with Crippen LogP contribution in [0.15, 0.2) is 40.4 Å². The number of halogens is 3. The third-order valence-electron chi connectivity index (χ3n) is 7.70. The summed E-state index contributed by atoms with van der Waals surface area (Å²) in [6.07, 6.45) is 27.5. The van der Waals surface area contributed by atoms with Gasteiger partial charge in [0.05, 0.1) is 0 Å². The Morgan fingerprint density at radius 1 is 0.912 bits per heavy atom. The number of hydrogen-bond acceptors (Lipinski definition) is 1. The summed E-state index contributed by atoms with van der Waals surface area (Å²) in [5.41, 5.74) is 3.18. The van der Waals surface area contributed by atoms with Gasteiger partial charge in [-0.25, -0.2) is 0 Å². The molecular formula is C29H51Cl2INP. The van der Waals surface area contributed by atoms with Crippen molar-refractivity contribution in [1.29, 1.82) is 0 Å². The molecular weight excluding hydrogens is 591 g/mol. The molecule has 2 fully saturated rings. The second-order valence-corrected chi connectivity index (χ2v) is 39.3. The van der Waals surface area contributed by atoms with Gasteiger partial charge in [-0.05, 0) is 0 Å². The summed E-state index contributed by atoms with van der Waals surface area (Å²) < 4.78 is -2.14. The Labute approximate surface area is 225 Å². The van der Waals surface area contributed by atoms with Gasteiger partial charge in [0.2, 0.25) is 0 Å². The van der Waals surface area contributed by atoms with Gasteiger partial charge in [0.1, 0.15) is 0 Å². The average Bonchev–Trinajstić information content (AvgIpc) is 2.98. The fraction of sp³-hybridized carbons (Fsp3) is 0.759. The van der Waals surface area contributed by atoms with E-state index in [1.807, 2.05) is 13.8 Å². The minimum absolute atomic E-state index is 0.282. The first-order valence-corrected chi connectivity index (χ1v) is 25.8. The van der Waals surface area contributed by atoms with Gasteiger partial charge in [0, 0.05) is 0 Å². The summed E-state index contributed by atoms with van der Waals surface area (Å²) >= 11 is -2.00. The van der Waals surface area contributed by atoms with E-state index in [1.165, 1.54) is 70.6 Å². The molecule has 0 saturated heterocycles. The molecule has 0 N–H and O–H groups in total. The second kappa shape index (κ2) is 14.5. The SMILES string of the molecule is CC.CC1CCCCCCC1C1=C(CP(C)(C)(C)I(Cl)Cl)C(C=NC2CCCCC2)C=CC=C1. The van der Waals surface area contributed by atoms with Crippen molar-refractivity contribution >= 4 is 45.3 Å². The molecule has 0 aromatic heterocycles. The van der Waals surface area contributed by atoms with Gasteiger partial charge in [-0.2, -0.15) is 0 Å². The molecule has 0 heterocycles. The molecule has 5 heteroatoms. The van der Waals surface area contributed by atoms with Crippen LogP contribution in [-0.2, 0) is 0 Å². The third-order valence-corrected chi connectivity index (χ3v) is 38.3. The van der Waals surface area contributed by atoms with Crippen molar-refractivity contribution in [3.63, 3.8) is 0 Å². The predicted molar refractivity (Wildman–Crippen MR) is 171 cm³/mol. The van der Waals surface area contributed by atoms with Crippen molar-refractivity contribution in [3.8, 4) is 0 Å². The standard InChI is InChI=1S/C27H45Cl2INP.C2H6/c1-22-14-8-5-6-11-18-25(22)26-19-13-12-15-23(20-31-24-16-9-7-10-17-24)27(26)21-32(2,3,4)30(28)29;1-2/h12-13,15,19-20,22-25H,5-11,14,16-18,21H2,1-4H3;1-2H3. The van der Waals surface area contributed by atoms with Gasteiger partial charge in [0.15, 0.2) is 0 Å². The Morgan fingerprint density at radius 2 is 1.50 bits per heavy atom. The van der Waals surface area contributed by atoms with E-state index in [0.29, 0.717) is 12.0 Å². The Kier molecular flexibility index (Phi) is 13.2. The molecule has 3 aliphatic rings. The first kappa shape index (κ1) is 30.9. The van der Waals surface area contributed by atoms with Crippen molar-refractivity contribution in [2.75, 3.05) is 26.2 Å². The molecule has 0 bridgehead atoms. The van der Waals surface area contributed by atoms with E-state index >= 15 is 0 Å². The summed E-state index contributed by atoms with van der Waals surface area (Å²) in [7, 11) is 13.6. The van der Waals surface area contributed by atoms with E-state index in [2.05, 4.69) is 57.4 Å². The molecule has 3 unspecified atom stereocenters. The number of aliphatic imine (C=N–C) groups is 1. The summed E-state index contributed by atoms with van der Waals surface area (Å²) in [5, 5.41) is 0. The number of hydrogen-bond donors (Lipinski definition) is 0. The maximum absolute atomic E-state index is 6.81. The first-order valence-electron chi connectivity index (χ1n) is 13.8. The summed E-state index contributed by atoms with van der Waals surface area (Å²) in [4.78, 5) is 5.15. The summed E-state index contributed by atoms with van der Waals surface area (Å²) in [6, 6.07) is 0.517. The van der Waals surface area contributed by atoms with Crippen LogP contribution in [0.25, 0.3) is 0 Å². The Morgan fingerprint density at radius 3 is 2.15 bits per heavy atom. The van der Waals surface area contributed by atoms with Crippen molar-refractivity contribution in [2.24, 2.45) is 22.7 Å². The molecule has 0 aromatic carbocycles. The van der Waals surface area contributed by atoms with Crippen LogP contribution in [0.3, 0.4) is 0 Å². The van der Waals surface area contributed by atoms with E-state index in [0.717, 1.165) is 12.1 Å². The van der Waals surface area contributed by atoms with Crippen LogP contribution in [0.4, 0.5) is 0 Å². The normalized spacial score (nSPS) is 28.9. The van der Waals surface area contributed by atoms with Crippen LogP contribution in [0.5, 0.6) is 0 Å². The van der Waals surface area contributed by atoms with Gasteiger partial charge < -0.3 is 0 Å². The molecule has 2 saturated carbocycles. The second-order valence-electron chi connectivity index (χ2n) is 11.7. The van der Waals surface area contributed by atoms with E-state index in [1.54, 1.807) is 11.1 Å². The molecule has 0 radical (unpaired) electrons. The monoisotopic (exact) mass is 641 g/mol. The van der Waals surface area contributed by atoms with Gasteiger partial charge in [-0.3, -0.25) is 0 Å². The number of nitrogens with zero attached hydrogens (tertiary/aromatic N) is 1. The van der Waals surface area contributed by atoms with Crippen LogP contribution in [0, 0.1) is 17.8 Å². The van der Waals surface area contributed by atoms with Crippen molar-refractivity contribution in [2.45, 2.75) is 97.4 Å². The van der Waals surface area contributed by atoms with E-state index in [-0.39, 0.29) is 5.92 Å². The summed E-state index contributed by atoms with van der Waals surface area (Å²) in [6.45, 7) is 13.8. The van der Waals surface area contributed by atoms with E-state index in [4.69, 9.17) is 22.8 Å². The molecule has 3 rings (SSSR count). The fourth-order valence-corrected chi connectivity index (χ4v) is 11.0. The van der Waals surface area contributed by atoms with Crippen molar-refractivity contribution in [1.82, 2.24) is 0 Å². The molecule has 0 aromatic rings. The predicted octanol–water partition coefficient (Wildman–Crippen LogP) is 11.2. The molecule has 3 atom stereocenters. The molecule has 0 amide bonds. The molecule has 3 aliphatic carbocycles. The zero-order chi connectivity index (χ0) is 25.2. The van der Waals surface area contributed by atoms with Crippen LogP contribution in [-0.4, -0.2) is 38.4 Å². The van der Waals surface area contributed by atoms with Gasteiger partial charge in [0.25, 0.3) is 0 Å². The third kappa shape index (κ3) is 9.18. The molecule has 198 valence electrons. The van der Waals surface area contributed by atoms with Gasteiger partial charge >= 0.3 is 213 Å². The summed E-state index contributed by atoms with van der Waals surface area (Å²) in [5.74, 6) is 1.66. The van der Waals surface area contributed by atoms with Crippen molar-refractivity contribution < 1.29 is 0 Å². The molecule has 0 aliphatic heterocycles. The zero-order valence-corrected chi connectivity index (χ0v) is 27.3. The van der Waals surface area contributed by atoms with E-state index < -0.39 is 21.3 Å². The average molecular weight is 643 g/mol. The quantitative estimate of drug-likeness (QED) is 0.155. The minimum atomic E-state index is -2.14. The van der Waals surface area contributed by atoms with Crippen LogP contribution in [0.1, 0.15) is 91.4 Å².